The Balaban J connectivity index is 1.67. The molecule has 0 aliphatic rings. The van der Waals surface area contributed by atoms with Crippen LogP contribution in [-0.2, 0) is 11.3 Å². The van der Waals surface area contributed by atoms with Gasteiger partial charge in [-0.05, 0) is 29.1 Å². The van der Waals surface area contributed by atoms with E-state index in [1.54, 1.807) is 35.7 Å². The van der Waals surface area contributed by atoms with Gasteiger partial charge >= 0.3 is 0 Å². The zero-order chi connectivity index (χ0) is 15.8. The molecule has 1 heterocycles. The van der Waals surface area contributed by atoms with Crippen molar-refractivity contribution in [2.45, 2.75) is 13.0 Å². The third-order valence-electron chi connectivity index (χ3n) is 2.99. The Morgan fingerprint density at radius 3 is 2.55 bits per heavy atom. The quantitative estimate of drug-likeness (QED) is 0.856. The van der Waals surface area contributed by atoms with Gasteiger partial charge in [-0.2, -0.15) is 16.6 Å². The number of thiophene rings is 1. The molecule has 0 radical (unpaired) electrons. The third-order valence-corrected chi connectivity index (χ3v) is 3.68. The van der Waals surface area contributed by atoms with Crippen LogP contribution in [0.2, 0.25) is 0 Å². The monoisotopic (exact) mass is 313 g/mol. The number of rotatable bonds is 6. The van der Waals surface area contributed by atoms with Crippen LogP contribution >= 0.6 is 11.3 Å². The van der Waals surface area contributed by atoms with Crippen LogP contribution < -0.4 is 10.6 Å². The second kappa shape index (κ2) is 7.96. The first-order chi connectivity index (χ1) is 10.7. The van der Waals surface area contributed by atoms with E-state index in [2.05, 4.69) is 10.6 Å². The van der Waals surface area contributed by atoms with Gasteiger partial charge in [0.05, 0.1) is 11.6 Å². The summed E-state index contributed by atoms with van der Waals surface area (Å²) >= 11 is 1.46. The lowest BCUT2D eigenvalue weighted by atomic mass is 10.1. The lowest BCUT2D eigenvalue weighted by molar-refractivity contribution is -0.121. The number of hydrogen-bond donors (Lipinski definition) is 2. The molecule has 0 aliphatic heterocycles. The van der Waals surface area contributed by atoms with Gasteiger partial charge in [0, 0.05) is 30.5 Å². The highest BCUT2D eigenvalue weighted by Crippen LogP contribution is 2.05. The SMILES string of the molecule is N#Cc1ccc(CNC(=O)CCNC(=O)c2ccsc2)cc1. The van der Waals surface area contributed by atoms with Gasteiger partial charge in [0.25, 0.3) is 5.91 Å². The van der Waals surface area contributed by atoms with E-state index in [9.17, 15) is 9.59 Å². The minimum Gasteiger partial charge on any atom is -0.352 e. The van der Waals surface area contributed by atoms with Crippen molar-refractivity contribution >= 4 is 23.2 Å². The summed E-state index contributed by atoms with van der Waals surface area (Å²) < 4.78 is 0. The molecule has 2 rings (SSSR count). The Labute approximate surface area is 132 Å². The molecular formula is C16H15N3O2S. The van der Waals surface area contributed by atoms with E-state index in [1.165, 1.54) is 11.3 Å². The summed E-state index contributed by atoms with van der Waals surface area (Å²) in [4.78, 5) is 23.4. The highest BCUT2D eigenvalue weighted by Gasteiger charge is 2.06. The molecule has 1 aromatic heterocycles. The van der Waals surface area contributed by atoms with E-state index in [1.807, 2.05) is 11.4 Å². The Morgan fingerprint density at radius 2 is 1.91 bits per heavy atom. The molecule has 0 fully saturated rings. The van der Waals surface area contributed by atoms with E-state index >= 15 is 0 Å². The molecular weight excluding hydrogens is 298 g/mol. The molecule has 2 N–H and O–H groups in total. The van der Waals surface area contributed by atoms with Crippen LogP contribution in [0.4, 0.5) is 0 Å². The summed E-state index contributed by atoms with van der Waals surface area (Å²) in [5.41, 5.74) is 2.13. The maximum atomic E-state index is 11.7. The largest absolute Gasteiger partial charge is 0.352 e. The predicted octanol–water partition coefficient (Wildman–Crippen LogP) is 2.06. The summed E-state index contributed by atoms with van der Waals surface area (Å²) in [6, 6.07) is 10.8. The van der Waals surface area contributed by atoms with Crippen molar-refractivity contribution in [2.75, 3.05) is 6.54 Å². The molecule has 0 aliphatic carbocycles. The number of hydrogen-bond acceptors (Lipinski definition) is 4. The minimum atomic E-state index is -0.166. The molecule has 5 nitrogen and oxygen atoms in total. The second-order valence-electron chi connectivity index (χ2n) is 4.60. The van der Waals surface area contributed by atoms with E-state index in [-0.39, 0.29) is 18.2 Å². The second-order valence-corrected chi connectivity index (χ2v) is 5.38. The molecule has 2 aromatic rings. The normalized spacial score (nSPS) is 9.77. The zero-order valence-corrected chi connectivity index (χ0v) is 12.7. The molecule has 1 aromatic carbocycles. The maximum Gasteiger partial charge on any atom is 0.252 e. The Morgan fingerprint density at radius 1 is 1.14 bits per heavy atom. The molecule has 2 amide bonds. The fourth-order valence-electron chi connectivity index (χ4n) is 1.77. The molecule has 0 spiro atoms. The van der Waals surface area contributed by atoms with Gasteiger partial charge in [0.1, 0.15) is 0 Å². The van der Waals surface area contributed by atoms with Crippen molar-refractivity contribution in [2.24, 2.45) is 0 Å². The summed E-state index contributed by atoms with van der Waals surface area (Å²) in [5.74, 6) is -0.295. The van der Waals surface area contributed by atoms with Crippen LogP contribution in [0.25, 0.3) is 0 Å². The lowest BCUT2D eigenvalue weighted by Crippen LogP contribution is -2.30. The summed E-state index contributed by atoms with van der Waals surface area (Å²) in [6.45, 7) is 0.705. The smallest absolute Gasteiger partial charge is 0.252 e. The Bertz CT molecular complexity index is 672. The van der Waals surface area contributed by atoms with Crippen molar-refractivity contribution in [1.82, 2.24) is 10.6 Å². The summed E-state index contributed by atoms with van der Waals surface area (Å²) in [6.07, 6.45) is 0.228. The van der Waals surface area contributed by atoms with Gasteiger partial charge in [0.2, 0.25) is 5.91 Å². The topological polar surface area (TPSA) is 82.0 Å². The first kappa shape index (κ1) is 15.7. The molecule has 0 saturated carbocycles. The first-order valence-electron chi connectivity index (χ1n) is 6.75. The van der Waals surface area contributed by atoms with Crippen molar-refractivity contribution in [3.63, 3.8) is 0 Å². The van der Waals surface area contributed by atoms with Crippen molar-refractivity contribution in [3.05, 3.63) is 57.8 Å². The average Bonchev–Trinajstić information content (AvgIpc) is 3.08. The van der Waals surface area contributed by atoms with Gasteiger partial charge in [-0.3, -0.25) is 9.59 Å². The highest BCUT2D eigenvalue weighted by molar-refractivity contribution is 7.08. The van der Waals surface area contributed by atoms with Crippen LogP contribution in [0.1, 0.15) is 27.9 Å². The Kier molecular flexibility index (Phi) is 5.69. The van der Waals surface area contributed by atoms with Gasteiger partial charge < -0.3 is 10.6 Å². The van der Waals surface area contributed by atoms with E-state index in [0.29, 0.717) is 24.2 Å². The fraction of sp³-hybridized carbons (Fsp3) is 0.188. The van der Waals surface area contributed by atoms with Crippen LogP contribution in [0.3, 0.4) is 0 Å². The predicted molar refractivity (Wildman–Crippen MR) is 84.3 cm³/mol. The number of nitrogens with zero attached hydrogens (tertiary/aromatic N) is 1. The molecule has 112 valence electrons. The van der Waals surface area contributed by atoms with Crippen LogP contribution in [0.5, 0.6) is 0 Å². The van der Waals surface area contributed by atoms with Crippen LogP contribution in [-0.4, -0.2) is 18.4 Å². The number of amides is 2. The maximum absolute atomic E-state index is 11.7. The number of nitriles is 1. The van der Waals surface area contributed by atoms with E-state index in [4.69, 9.17) is 5.26 Å². The number of carbonyl (C=O) groups excluding carboxylic acids is 2. The van der Waals surface area contributed by atoms with Crippen molar-refractivity contribution in [1.29, 1.82) is 5.26 Å². The molecule has 0 bridgehead atoms. The molecule has 0 saturated heterocycles. The van der Waals surface area contributed by atoms with Gasteiger partial charge in [-0.1, -0.05) is 12.1 Å². The zero-order valence-electron chi connectivity index (χ0n) is 11.8. The number of nitrogens with one attached hydrogen (secondary N) is 2. The Hall–Kier alpha value is -2.65. The van der Waals surface area contributed by atoms with Gasteiger partial charge in [-0.25, -0.2) is 0 Å². The van der Waals surface area contributed by atoms with Crippen LogP contribution in [0.15, 0.2) is 41.1 Å². The van der Waals surface area contributed by atoms with Crippen LogP contribution in [0, 0.1) is 11.3 Å². The van der Waals surface area contributed by atoms with Crippen molar-refractivity contribution < 1.29 is 9.59 Å². The highest BCUT2D eigenvalue weighted by atomic mass is 32.1. The average molecular weight is 313 g/mol. The molecule has 22 heavy (non-hydrogen) atoms. The summed E-state index contributed by atoms with van der Waals surface area (Å²) in [5, 5.41) is 17.8. The summed E-state index contributed by atoms with van der Waals surface area (Å²) in [7, 11) is 0. The van der Waals surface area contributed by atoms with Crippen molar-refractivity contribution in [3.8, 4) is 6.07 Å². The molecule has 6 heteroatoms. The van der Waals surface area contributed by atoms with Gasteiger partial charge in [-0.15, -0.1) is 0 Å². The fourth-order valence-corrected chi connectivity index (χ4v) is 2.41. The number of benzene rings is 1. The lowest BCUT2D eigenvalue weighted by Gasteiger charge is -2.06. The first-order valence-corrected chi connectivity index (χ1v) is 7.69. The standard InChI is InChI=1S/C16H15N3O2S/c17-9-12-1-3-13(4-2-12)10-19-15(20)5-7-18-16(21)14-6-8-22-11-14/h1-4,6,8,11H,5,7,10H2,(H,18,21)(H,19,20). The minimum absolute atomic E-state index is 0.130. The molecule has 0 unspecified atom stereocenters. The van der Waals surface area contributed by atoms with E-state index < -0.39 is 0 Å². The van der Waals surface area contributed by atoms with E-state index in [0.717, 1.165) is 5.56 Å². The third kappa shape index (κ3) is 4.72. The number of carbonyl (C=O) groups is 2. The van der Waals surface area contributed by atoms with Gasteiger partial charge in [0.15, 0.2) is 0 Å². The molecule has 0 atom stereocenters.